The number of ether oxygens (including phenoxy) is 1. The second-order valence-electron chi connectivity index (χ2n) is 8.35. The number of hydrogen-bond donors (Lipinski definition) is 2. The third-order valence-corrected chi connectivity index (χ3v) is 4.57. The number of anilines is 2. The monoisotopic (exact) mass is 453 g/mol. The van der Waals surface area contributed by atoms with Crippen LogP contribution in [0, 0.1) is 0 Å². The lowest BCUT2D eigenvalue weighted by Gasteiger charge is -2.39. The highest BCUT2D eigenvalue weighted by molar-refractivity contribution is 6.43. The minimum Gasteiger partial charge on any atom is -0.444 e. The predicted molar refractivity (Wildman–Crippen MR) is 115 cm³/mol. The number of nitrogens with one attached hydrogen (secondary N) is 2. The highest BCUT2D eigenvalue weighted by Crippen LogP contribution is 2.23. The number of hydrogen-bond acceptors (Lipinski definition) is 8. The zero-order valence-electron chi connectivity index (χ0n) is 18.3. The minimum atomic E-state index is -0.873. The van der Waals surface area contributed by atoms with Gasteiger partial charge in [-0.1, -0.05) is 0 Å². The number of amides is 3. The van der Waals surface area contributed by atoms with Gasteiger partial charge < -0.3 is 20.3 Å². The van der Waals surface area contributed by atoms with E-state index in [1.165, 1.54) is 23.4 Å². The van der Waals surface area contributed by atoms with Crippen LogP contribution in [0.5, 0.6) is 0 Å². The second kappa shape index (κ2) is 8.68. The van der Waals surface area contributed by atoms with E-state index in [0.717, 1.165) is 0 Å². The van der Waals surface area contributed by atoms with Gasteiger partial charge >= 0.3 is 17.9 Å². The third kappa shape index (κ3) is 5.31. The van der Waals surface area contributed by atoms with Gasteiger partial charge in [-0.05, 0) is 32.9 Å². The molecule has 13 nitrogen and oxygen atoms in total. The van der Waals surface area contributed by atoms with Crippen LogP contribution in [0.2, 0.25) is 0 Å². The van der Waals surface area contributed by atoms with Gasteiger partial charge in [-0.3, -0.25) is 14.3 Å². The van der Waals surface area contributed by atoms with Crippen molar-refractivity contribution < 1.29 is 19.1 Å². The van der Waals surface area contributed by atoms with Crippen molar-refractivity contribution in [2.24, 2.45) is 0 Å². The highest BCUT2D eigenvalue weighted by atomic mass is 16.6. The lowest BCUT2D eigenvalue weighted by molar-refractivity contribution is -0.133. The van der Waals surface area contributed by atoms with Gasteiger partial charge in [0.05, 0.1) is 30.3 Å². The van der Waals surface area contributed by atoms with E-state index >= 15 is 0 Å². The lowest BCUT2D eigenvalue weighted by atomic mass is 10.1. The number of pyridine rings is 1. The molecule has 172 valence electrons. The summed E-state index contributed by atoms with van der Waals surface area (Å²) in [6.07, 6.45) is 5.73. The third-order valence-electron chi connectivity index (χ3n) is 4.57. The Morgan fingerprint density at radius 2 is 1.73 bits per heavy atom. The van der Waals surface area contributed by atoms with E-state index in [1.54, 1.807) is 34.0 Å². The summed E-state index contributed by atoms with van der Waals surface area (Å²) in [4.78, 5) is 43.5. The van der Waals surface area contributed by atoms with Gasteiger partial charge in [0.25, 0.3) is 0 Å². The van der Waals surface area contributed by atoms with Crippen LogP contribution in [-0.4, -0.2) is 71.3 Å². The molecule has 0 spiro atoms. The summed E-state index contributed by atoms with van der Waals surface area (Å²) in [7, 11) is 0. The van der Waals surface area contributed by atoms with Gasteiger partial charge in [-0.15, -0.1) is 4.80 Å². The quantitative estimate of drug-likeness (QED) is 0.560. The summed E-state index contributed by atoms with van der Waals surface area (Å²) in [5.74, 6) is -1.04. The maximum atomic E-state index is 12.2. The zero-order chi connectivity index (χ0) is 23.6. The van der Waals surface area contributed by atoms with E-state index in [4.69, 9.17) is 4.74 Å². The number of rotatable bonds is 4. The molecule has 0 atom stereocenters. The fraction of sp³-hybridized carbons (Fsp3) is 0.350. The normalized spacial score (nSPS) is 13.8. The summed E-state index contributed by atoms with van der Waals surface area (Å²) in [6, 6.07) is 4.73. The van der Waals surface area contributed by atoms with Gasteiger partial charge in [0.1, 0.15) is 5.60 Å². The van der Waals surface area contributed by atoms with Gasteiger partial charge in [0, 0.05) is 25.4 Å². The molecule has 0 unspecified atom stereocenters. The molecule has 0 aromatic carbocycles. The van der Waals surface area contributed by atoms with E-state index in [9.17, 15) is 14.4 Å². The summed E-state index contributed by atoms with van der Waals surface area (Å²) in [5.41, 5.74) is -0.214. The Balaban J connectivity index is 1.26. The van der Waals surface area contributed by atoms with Crippen LogP contribution < -0.4 is 10.6 Å². The molecule has 1 saturated heterocycles. The molecule has 13 heteroatoms. The Morgan fingerprint density at radius 1 is 1.03 bits per heavy atom. The Labute approximate surface area is 188 Å². The molecular weight excluding hydrogens is 430 g/mol. The summed E-state index contributed by atoms with van der Waals surface area (Å²) in [6.45, 7) is 6.32. The number of likely N-dealkylation sites (tertiary alicyclic amines) is 1. The summed E-state index contributed by atoms with van der Waals surface area (Å²) in [5, 5.41) is 17.1. The Kier molecular flexibility index (Phi) is 5.77. The van der Waals surface area contributed by atoms with Crippen LogP contribution in [0.25, 0.3) is 5.82 Å². The first kappa shape index (κ1) is 21.9. The van der Waals surface area contributed by atoms with Crippen molar-refractivity contribution >= 4 is 29.4 Å². The smallest absolute Gasteiger partial charge is 0.410 e. The van der Waals surface area contributed by atoms with Crippen LogP contribution >= 0.6 is 0 Å². The number of nitrogens with zero attached hydrogens (tertiary/aromatic N) is 7. The van der Waals surface area contributed by atoms with Crippen molar-refractivity contribution in [3.05, 3.63) is 43.0 Å². The number of carbonyl (C=O) groups excluding carboxylic acids is 3. The molecule has 4 heterocycles. The first-order valence-corrected chi connectivity index (χ1v) is 10.2. The minimum absolute atomic E-state index is 0.0362. The Bertz CT molecular complexity index is 1140. The van der Waals surface area contributed by atoms with Crippen LogP contribution in [0.15, 0.2) is 43.0 Å². The topological polar surface area (TPSA) is 149 Å². The highest BCUT2D eigenvalue weighted by Gasteiger charge is 2.35. The molecule has 33 heavy (non-hydrogen) atoms. The van der Waals surface area contributed by atoms with Crippen molar-refractivity contribution in [2.45, 2.75) is 32.4 Å². The molecular formula is C20H23N9O4. The molecule has 4 rings (SSSR count). The van der Waals surface area contributed by atoms with E-state index in [0.29, 0.717) is 24.6 Å². The Hall–Kier alpha value is -4.29. The molecule has 0 saturated carbocycles. The van der Waals surface area contributed by atoms with E-state index in [2.05, 4.69) is 30.9 Å². The molecule has 0 aliphatic carbocycles. The number of carbonyl (C=O) groups is 3. The van der Waals surface area contributed by atoms with Crippen molar-refractivity contribution in [1.29, 1.82) is 0 Å². The lowest BCUT2D eigenvalue weighted by Crippen LogP contribution is -2.52. The van der Waals surface area contributed by atoms with Gasteiger partial charge in [-0.25, -0.2) is 9.78 Å². The molecule has 3 amide bonds. The van der Waals surface area contributed by atoms with Crippen molar-refractivity contribution in [3.8, 4) is 5.82 Å². The summed E-state index contributed by atoms with van der Waals surface area (Å²) >= 11 is 0. The largest absolute Gasteiger partial charge is 0.444 e. The fourth-order valence-corrected chi connectivity index (χ4v) is 2.98. The van der Waals surface area contributed by atoms with Gasteiger partial charge in [0.2, 0.25) is 0 Å². The van der Waals surface area contributed by atoms with E-state index in [1.807, 2.05) is 20.8 Å². The maximum Gasteiger partial charge on any atom is 0.410 e. The van der Waals surface area contributed by atoms with Gasteiger partial charge in [-0.2, -0.15) is 15.3 Å². The average Bonchev–Trinajstić information content (AvgIpc) is 3.38. The van der Waals surface area contributed by atoms with Gasteiger partial charge in [0.15, 0.2) is 11.6 Å². The average molecular weight is 453 g/mol. The summed E-state index contributed by atoms with van der Waals surface area (Å²) < 4.78 is 6.97. The van der Waals surface area contributed by atoms with Crippen LogP contribution in [0.3, 0.4) is 0 Å². The van der Waals surface area contributed by atoms with E-state index < -0.39 is 17.4 Å². The molecule has 1 aliphatic rings. The molecule has 1 aliphatic heterocycles. The fourth-order valence-electron chi connectivity index (χ4n) is 2.98. The van der Waals surface area contributed by atoms with Crippen LogP contribution in [-0.2, 0) is 14.3 Å². The van der Waals surface area contributed by atoms with Crippen LogP contribution in [0.1, 0.15) is 26.8 Å². The van der Waals surface area contributed by atoms with Crippen molar-refractivity contribution in [2.75, 3.05) is 23.7 Å². The predicted octanol–water partition coefficient (Wildman–Crippen LogP) is 1.23. The zero-order valence-corrected chi connectivity index (χ0v) is 18.3. The maximum absolute atomic E-state index is 12.2. The second-order valence-corrected chi connectivity index (χ2v) is 8.35. The number of aromatic nitrogens is 6. The molecule has 2 N–H and O–H groups in total. The SMILES string of the molecule is CC(C)(C)OC(=O)N1CC(n2ccc(NC(=O)C(=O)Nc3ccc(-n4nccn4)nc3)n2)C1. The first-order chi connectivity index (χ1) is 15.7. The molecule has 3 aromatic rings. The molecule has 0 bridgehead atoms. The first-order valence-electron chi connectivity index (χ1n) is 10.2. The standard InChI is InChI=1S/C20H23N9O4/c1-20(2,3)33-19(32)27-11-14(12-27)28-9-6-15(26-28)25-18(31)17(30)24-13-4-5-16(21-10-13)29-22-7-8-23-29/h4-10,14H,11-12H2,1-3H3,(H,24,30)(H,25,26,31). The molecule has 3 aromatic heterocycles. The van der Waals surface area contributed by atoms with Crippen molar-refractivity contribution in [1.82, 2.24) is 34.7 Å². The van der Waals surface area contributed by atoms with E-state index in [-0.39, 0.29) is 18.0 Å². The van der Waals surface area contributed by atoms with Crippen molar-refractivity contribution in [3.63, 3.8) is 0 Å². The molecule has 1 fully saturated rings. The van der Waals surface area contributed by atoms with Crippen LogP contribution in [0.4, 0.5) is 16.3 Å². The Morgan fingerprint density at radius 3 is 2.36 bits per heavy atom. The molecule has 0 radical (unpaired) electrons.